The second-order valence-electron chi connectivity index (χ2n) is 13.7. The molecule has 1 atom stereocenters. The first-order valence-electron chi connectivity index (χ1n) is 16.8. The third kappa shape index (κ3) is 10.7. The highest BCUT2D eigenvalue weighted by Gasteiger charge is 2.50. The van der Waals surface area contributed by atoms with Crippen LogP contribution in [0.4, 0.5) is 4.79 Å². The van der Waals surface area contributed by atoms with Gasteiger partial charge in [-0.1, -0.05) is 129 Å². The fourth-order valence-electron chi connectivity index (χ4n) is 6.14. The topological polar surface area (TPSA) is 42.0 Å². The zero-order valence-electron chi connectivity index (χ0n) is 29.7. The highest BCUT2D eigenvalue weighted by atomic mass is 35.5. The van der Waals surface area contributed by atoms with Gasteiger partial charge in [-0.3, -0.25) is 4.90 Å². The number of hydrogen-bond acceptors (Lipinski definition) is 4. The molecule has 47 heavy (non-hydrogen) atoms. The third-order valence-corrected chi connectivity index (χ3v) is 13.9. The molecule has 0 aromatic heterocycles. The van der Waals surface area contributed by atoms with E-state index < -0.39 is 8.32 Å². The molecule has 1 amide bonds. The van der Waals surface area contributed by atoms with E-state index in [2.05, 4.69) is 130 Å². The van der Waals surface area contributed by atoms with Gasteiger partial charge in [0.25, 0.3) is 8.32 Å². The summed E-state index contributed by atoms with van der Waals surface area (Å²) >= 11 is 6.21. The monoisotopic (exact) mass is 674 g/mol. The first-order valence-corrected chi connectivity index (χ1v) is 19.2. The van der Waals surface area contributed by atoms with Crippen LogP contribution in [0.5, 0.6) is 0 Å². The maximum Gasteiger partial charge on any atom is 0.410 e. The van der Waals surface area contributed by atoms with Gasteiger partial charge in [0.2, 0.25) is 0 Å². The summed E-state index contributed by atoms with van der Waals surface area (Å²) in [5, 5.41) is 2.33. The molecule has 3 aromatic carbocycles. The van der Waals surface area contributed by atoms with Crippen LogP contribution >= 0.6 is 11.6 Å². The smallest absolute Gasteiger partial charge is 0.410 e. The standard InChI is InChI=1S/C40H55ClN2O3Si/c1-32(2)43(33(3)4)39(44)45-28-18-21-36(42(27-26-34(5)29-41)30-35-19-12-9-13-20-35)31-46-47(40(6,7)8,37-22-14-10-15-23-37)38-24-16-11-17-25-38/h9-26,32-33,36H,27-31H2,1-8H3/b21-18+,34-26+/t36-/m0/s1. The van der Waals surface area contributed by atoms with E-state index in [1.807, 2.05) is 39.8 Å². The molecule has 0 unspecified atom stereocenters. The predicted molar refractivity (Wildman–Crippen MR) is 201 cm³/mol. The van der Waals surface area contributed by atoms with Crippen molar-refractivity contribution in [2.45, 2.75) is 85.1 Å². The minimum absolute atomic E-state index is 0.0532. The van der Waals surface area contributed by atoms with Crippen LogP contribution in [0.1, 0.15) is 61.0 Å². The van der Waals surface area contributed by atoms with Gasteiger partial charge in [-0.2, -0.15) is 0 Å². The fourth-order valence-corrected chi connectivity index (χ4v) is 10.8. The molecule has 0 radical (unpaired) electrons. The average Bonchev–Trinajstić information content (AvgIpc) is 3.04. The highest BCUT2D eigenvalue weighted by molar-refractivity contribution is 6.99. The summed E-state index contributed by atoms with van der Waals surface area (Å²) in [6.45, 7) is 19.0. The molecule has 0 spiro atoms. The molecule has 0 saturated carbocycles. The fraction of sp³-hybridized carbons (Fsp3) is 0.425. The first-order chi connectivity index (χ1) is 22.4. The Hall–Kier alpha value is -3.16. The van der Waals surface area contributed by atoms with Crippen molar-refractivity contribution in [1.82, 2.24) is 9.80 Å². The van der Waals surface area contributed by atoms with E-state index in [9.17, 15) is 4.79 Å². The molecule has 0 aliphatic heterocycles. The number of allylic oxidation sites excluding steroid dienone is 1. The minimum atomic E-state index is -2.80. The predicted octanol–water partition coefficient (Wildman–Crippen LogP) is 8.43. The van der Waals surface area contributed by atoms with E-state index in [0.717, 1.165) is 12.1 Å². The lowest BCUT2D eigenvalue weighted by Crippen LogP contribution is -2.67. The molecule has 3 aromatic rings. The van der Waals surface area contributed by atoms with Gasteiger partial charge in [0.1, 0.15) is 6.61 Å². The van der Waals surface area contributed by atoms with Gasteiger partial charge < -0.3 is 14.1 Å². The Kier molecular flexibility index (Phi) is 15.0. The van der Waals surface area contributed by atoms with Gasteiger partial charge in [-0.25, -0.2) is 4.79 Å². The minimum Gasteiger partial charge on any atom is -0.445 e. The molecule has 254 valence electrons. The Morgan fingerprint density at radius 3 is 1.83 bits per heavy atom. The van der Waals surface area contributed by atoms with E-state index in [1.54, 1.807) is 4.90 Å². The number of carbonyl (C=O) groups excluding carboxylic acids is 1. The third-order valence-electron chi connectivity index (χ3n) is 8.45. The molecular formula is C40H55ClN2O3Si. The Balaban J connectivity index is 2.05. The number of amides is 1. The van der Waals surface area contributed by atoms with E-state index in [4.69, 9.17) is 20.8 Å². The Bertz CT molecular complexity index is 1360. The lowest BCUT2D eigenvalue weighted by Gasteiger charge is -2.44. The number of benzene rings is 3. The molecular weight excluding hydrogens is 620 g/mol. The maximum absolute atomic E-state index is 13.0. The number of rotatable bonds is 16. The summed E-state index contributed by atoms with van der Waals surface area (Å²) in [6.07, 6.45) is 6.00. The molecule has 5 nitrogen and oxygen atoms in total. The zero-order valence-corrected chi connectivity index (χ0v) is 31.4. The molecule has 0 N–H and O–H groups in total. The maximum atomic E-state index is 13.0. The van der Waals surface area contributed by atoms with Crippen molar-refractivity contribution in [2.75, 3.05) is 25.6 Å². The molecule has 0 heterocycles. The van der Waals surface area contributed by atoms with Crippen molar-refractivity contribution in [2.24, 2.45) is 0 Å². The number of nitrogens with zero attached hydrogens (tertiary/aromatic N) is 2. The molecule has 0 saturated heterocycles. The van der Waals surface area contributed by atoms with E-state index in [-0.39, 0.29) is 35.9 Å². The van der Waals surface area contributed by atoms with Gasteiger partial charge in [-0.05, 0) is 61.7 Å². The highest BCUT2D eigenvalue weighted by Crippen LogP contribution is 2.37. The summed E-state index contributed by atoms with van der Waals surface area (Å²) in [4.78, 5) is 17.1. The van der Waals surface area contributed by atoms with Crippen molar-refractivity contribution in [3.63, 3.8) is 0 Å². The van der Waals surface area contributed by atoms with Gasteiger partial charge in [0.05, 0.1) is 12.6 Å². The molecule has 7 heteroatoms. The summed E-state index contributed by atoms with van der Waals surface area (Å²) in [7, 11) is -2.80. The Morgan fingerprint density at radius 2 is 1.36 bits per heavy atom. The lowest BCUT2D eigenvalue weighted by atomic mass is 10.1. The lowest BCUT2D eigenvalue weighted by molar-refractivity contribution is 0.0873. The molecule has 0 aliphatic carbocycles. The normalized spacial score (nSPS) is 13.5. The van der Waals surface area contributed by atoms with E-state index >= 15 is 0 Å². The van der Waals surface area contributed by atoms with Gasteiger partial charge in [0, 0.05) is 31.1 Å². The van der Waals surface area contributed by atoms with Crippen molar-refractivity contribution in [3.05, 3.63) is 120 Å². The average molecular weight is 675 g/mol. The zero-order chi connectivity index (χ0) is 34.5. The second kappa shape index (κ2) is 18.4. The van der Waals surface area contributed by atoms with Gasteiger partial charge in [-0.15, -0.1) is 11.6 Å². The largest absolute Gasteiger partial charge is 0.445 e. The summed E-state index contributed by atoms with van der Waals surface area (Å²) in [5.74, 6) is 0.483. The second-order valence-corrected chi connectivity index (χ2v) is 18.3. The summed E-state index contributed by atoms with van der Waals surface area (Å²) in [5.41, 5.74) is 2.33. The number of alkyl halides is 1. The van der Waals surface area contributed by atoms with E-state index in [1.165, 1.54) is 15.9 Å². The number of hydrogen-bond donors (Lipinski definition) is 0. The van der Waals surface area contributed by atoms with Crippen LogP contribution in [-0.2, 0) is 15.7 Å². The van der Waals surface area contributed by atoms with Crippen LogP contribution in [0.25, 0.3) is 0 Å². The quantitative estimate of drug-likeness (QED) is 0.0869. The van der Waals surface area contributed by atoms with Crippen LogP contribution < -0.4 is 10.4 Å². The van der Waals surface area contributed by atoms with Crippen molar-refractivity contribution in [1.29, 1.82) is 0 Å². The van der Waals surface area contributed by atoms with Crippen LogP contribution in [0.3, 0.4) is 0 Å². The Morgan fingerprint density at radius 1 is 0.851 bits per heavy atom. The van der Waals surface area contributed by atoms with Crippen LogP contribution in [0.2, 0.25) is 5.04 Å². The summed E-state index contributed by atoms with van der Waals surface area (Å²) < 4.78 is 13.2. The van der Waals surface area contributed by atoms with Crippen LogP contribution in [0.15, 0.2) is 115 Å². The van der Waals surface area contributed by atoms with E-state index in [0.29, 0.717) is 19.0 Å². The van der Waals surface area contributed by atoms with Crippen LogP contribution in [-0.4, -0.2) is 68.0 Å². The van der Waals surface area contributed by atoms with Crippen molar-refractivity contribution >= 4 is 36.4 Å². The van der Waals surface area contributed by atoms with Crippen LogP contribution in [0, 0.1) is 0 Å². The first kappa shape index (κ1) is 38.3. The number of ether oxygens (including phenoxy) is 1. The summed E-state index contributed by atoms with van der Waals surface area (Å²) in [6, 6.07) is 32.0. The van der Waals surface area contributed by atoms with Gasteiger partial charge >= 0.3 is 6.09 Å². The number of halogens is 1. The SMILES string of the molecule is C/C(=C\CN(Cc1ccccc1)[C@@H](/C=C/COC(=O)N(C(C)C)C(C)C)CO[Si](c1ccccc1)(c1ccccc1)C(C)(C)C)CCl. The molecule has 0 aliphatic rings. The molecule has 0 fully saturated rings. The van der Waals surface area contributed by atoms with Crippen molar-refractivity contribution < 1.29 is 14.0 Å². The number of carbonyl (C=O) groups is 1. The van der Waals surface area contributed by atoms with Gasteiger partial charge in [0.15, 0.2) is 0 Å². The molecule has 3 rings (SSSR count). The molecule has 0 bridgehead atoms. The Labute approximate surface area is 290 Å². The van der Waals surface area contributed by atoms with Crippen molar-refractivity contribution in [3.8, 4) is 0 Å².